The number of hydrogen-bond acceptors (Lipinski definition) is 5. The van der Waals surface area contributed by atoms with E-state index in [1.807, 2.05) is 36.4 Å². The molecule has 32 heavy (non-hydrogen) atoms. The van der Waals surface area contributed by atoms with Crippen LogP contribution in [-0.2, 0) is 9.53 Å². The molecule has 2 heterocycles. The van der Waals surface area contributed by atoms with E-state index in [2.05, 4.69) is 21.4 Å². The summed E-state index contributed by atoms with van der Waals surface area (Å²) in [5.74, 6) is -0.834. The fourth-order valence-corrected chi connectivity index (χ4v) is 3.91. The Bertz CT molecular complexity index is 1140. The van der Waals surface area contributed by atoms with Crippen molar-refractivity contribution < 1.29 is 14.3 Å². The zero-order valence-electron chi connectivity index (χ0n) is 18.2. The highest BCUT2D eigenvalue weighted by Gasteiger charge is 2.21. The minimum Gasteiger partial charge on any atom is -0.449 e. The number of pyridine rings is 2. The van der Waals surface area contributed by atoms with Crippen LogP contribution in [0.5, 0.6) is 0 Å². The third-order valence-corrected chi connectivity index (χ3v) is 5.70. The smallest absolute Gasteiger partial charge is 0.339 e. The van der Waals surface area contributed by atoms with Crippen molar-refractivity contribution >= 4 is 22.8 Å². The van der Waals surface area contributed by atoms with Gasteiger partial charge in [0.1, 0.15) is 0 Å². The first kappa shape index (κ1) is 21.7. The second-order valence-electron chi connectivity index (χ2n) is 8.00. The molecular formula is C26H27N3O3. The molecule has 1 amide bonds. The summed E-state index contributed by atoms with van der Waals surface area (Å²) in [5, 5.41) is 3.57. The quantitative estimate of drug-likeness (QED) is 0.429. The van der Waals surface area contributed by atoms with Crippen LogP contribution < -0.4 is 5.32 Å². The lowest BCUT2D eigenvalue weighted by molar-refractivity contribution is -0.129. The van der Waals surface area contributed by atoms with Gasteiger partial charge in [0, 0.05) is 29.9 Å². The Labute approximate surface area is 187 Å². The van der Waals surface area contributed by atoms with Crippen LogP contribution in [0.4, 0.5) is 0 Å². The normalized spacial score (nSPS) is 14.5. The molecule has 2 aromatic heterocycles. The van der Waals surface area contributed by atoms with E-state index in [9.17, 15) is 9.59 Å². The van der Waals surface area contributed by atoms with Crippen LogP contribution in [0, 0.1) is 0 Å². The van der Waals surface area contributed by atoms with Gasteiger partial charge in [-0.2, -0.15) is 0 Å². The molecule has 1 aliphatic rings. The van der Waals surface area contributed by atoms with Gasteiger partial charge in [-0.05, 0) is 63.3 Å². The fourth-order valence-electron chi connectivity index (χ4n) is 3.91. The Morgan fingerprint density at radius 2 is 1.94 bits per heavy atom. The van der Waals surface area contributed by atoms with E-state index in [1.165, 1.54) is 18.4 Å². The van der Waals surface area contributed by atoms with Gasteiger partial charge in [0.05, 0.1) is 16.8 Å². The minimum atomic E-state index is -0.890. The SMILES string of the molecule is C[C@H](OC(=O)c1cc(-c2ccncc2)nc2ccccc12)C(=O)NCCC1=CCCCC1. The Hall–Kier alpha value is -3.54. The number of fused-ring (bicyclic) bond motifs is 1. The highest BCUT2D eigenvalue weighted by atomic mass is 16.5. The summed E-state index contributed by atoms with van der Waals surface area (Å²) in [6, 6.07) is 12.8. The molecule has 0 fully saturated rings. The molecule has 0 radical (unpaired) electrons. The Morgan fingerprint density at radius 1 is 1.12 bits per heavy atom. The van der Waals surface area contributed by atoms with Crippen LogP contribution in [0.15, 0.2) is 66.5 Å². The number of nitrogens with one attached hydrogen (secondary N) is 1. The molecule has 164 valence electrons. The lowest BCUT2D eigenvalue weighted by Gasteiger charge is -2.16. The number of carbonyl (C=O) groups excluding carboxylic acids is 2. The highest BCUT2D eigenvalue weighted by molar-refractivity contribution is 6.05. The van der Waals surface area contributed by atoms with Crippen molar-refractivity contribution in [2.24, 2.45) is 0 Å². The molecule has 0 saturated heterocycles. The van der Waals surface area contributed by atoms with E-state index in [-0.39, 0.29) is 5.91 Å². The summed E-state index contributed by atoms with van der Waals surface area (Å²) in [6.45, 7) is 2.15. The number of esters is 1. The van der Waals surface area contributed by atoms with E-state index in [1.54, 1.807) is 25.4 Å². The zero-order valence-corrected chi connectivity index (χ0v) is 18.2. The molecule has 0 saturated carbocycles. The molecule has 0 spiro atoms. The van der Waals surface area contributed by atoms with Crippen LogP contribution in [0.2, 0.25) is 0 Å². The summed E-state index contributed by atoms with van der Waals surface area (Å²) in [6.07, 6.45) is 10.3. The van der Waals surface area contributed by atoms with Gasteiger partial charge >= 0.3 is 5.97 Å². The average molecular weight is 430 g/mol. The molecule has 1 aromatic carbocycles. The molecule has 1 N–H and O–H groups in total. The number of allylic oxidation sites excluding steroid dienone is 1. The summed E-state index contributed by atoms with van der Waals surface area (Å²) < 4.78 is 5.53. The Kier molecular flexibility index (Phi) is 6.90. The molecule has 6 heteroatoms. The van der Waals surface area contributed by atoms with E-state index < -0.39 is 12.1 Å². The molecule has 1 aliphatic carbocycles. The number of hydrogen-bond donors (Lipinski definition) is 1. The van der Waals surface area contributed by atoms with Gasteiger partial charge < -0.3 is 10.1 Å². The molecule has 4 rings (SSSR count). The Morgan fingerprint density at radius 3 is 2.72 bits per heavy atom. The number of rotatable bonds is 7. The Balaban J connectivity index is 1.46. The maximum atomic E-state index is 13.0. The second-order valence-corrected chi connectivity index (χ2v) is 8.00. The van der Waals surface area contributed by atoms with E-state index >= 15 is 0 Å². The molecule has 0 unspecified atom stereocenters. The largest absolute Gasteiger partial charge is 0.449 e. The van der Waals surface area contributed by atoms with Crippen LogP contribution in [0.3, 0.4) is 0 Å². The third kappa shape index (κ3) is 5.19. The number of aromatic nitrogens is 2. The maximum absolute atomic E-state index is 13.0. The van der Waals surface area contributed by atoms with Crippen molar-refractivity contribution in [2.75, 3.05) is 6.54 Å². The molecule has 0 aliphatic heterocycles. The van der Waals surface area contributed by atoms with Crippen molar-refractivity contribution in [2.45, 2.75) is 45.1 Å². The maximum Gasteiger partial charge on any atom is 0.339 e. The van der Waals surface area contributed by atoms with Crippen LogP contribution in [-0.4, -0.2) is 34.5 Å². The van der Waals surface area contributed by atoms with Gasteiger partial charge in [-0.25, -0.2) is 9.78 Å². The van der Waals surface area contributed by atoms with Gasteiger partial charge in [0.15, 0.2) is 6.10 Å². The van der Waals surface area contributed by atoms with Crippen molar-refractivity contribution in [3.63, 3.8) is 0 Å². The first-order chi connectivity index (χ1) is 15.6. The standard InChI is InChI=1S/C26H27N3O3/c1-18(25(30)28-16-11-19-7-3-2-4-8-19)32-26(31)22-17-24(20-12-14-27-15-13-20)29-23-10-6-5-9-21(22)23/h5-7,9-10,12-15,17-18H,2-4,8,11,16H2,1H3,(H,28,30)/t18-/m0/s1. The number of amides is 1. The number of ether oxygens (including phenoxy) is 1. The zero-order chi connectivity index (χ0) is 22.3. The topological polar surface area (TPSA) is 81.2 Å². The monoisotopic (exact) mass is 429 g/mol. The van der Waals surface area contributed by atoms with Crippen molar-refractivity contribution in [1.82, 2.24) is 15.3 Å². The van der Waals surface area contributed by atoms with Crippen LogP contribution in [0.25, 0.3) is 22.2 Å². The van der Waals surface area contributed by atoms with E-state index in [4.69, 9.17) is 4.74 Å². The predicted molar refractivity (Wildman–Crippen MR) is 124 cm³/mol. The lowest BCUT2D eigenvalue weighted by atomic mass is 9.97. The van der Waals surface area contributed by atoms with Gasteiger partial charge in [-0.3, -0.25) is 9.78 Å². The number of benzene rings is 1. The number of nitrogens with zero attached hydrogens (tertiary/aromatic N) is 2. The van der Waals surface area contributed by atoms with Gasteiger partial charge in [-0.15, -0.1) is 0 Å². The summed E-state index contributed by atoms with van der Waals surface area (Å²) in [4.78, 5) is 34.2. The fraction of sp³-hybridized carbons (Fsp3) is 0.308. The number of carbonyl (C=O) groups is 2. The summed E-state index contributed by atoms with van der Waals surface area (Å²) >= 11 is 0. The van der Waals surface area contributed by atoms with Gasteiger partial charge in [0.25, 0.3) is 5.91 Å². The van der Waals surface area contributed by atoms with Crippen LogP contribution in [0.1, 0.15) is 49.4 Å². The third-order valence-electron chi connectivity index (χ3n) is 5.70. The minimum absolute atomic E-state index is 0.289. The van der Waals surface area contributed by atoms with Crippen molar-refractivity contribution in [3.05, 3.63) is 72.1 Å². The molecule has 6 nitrogen and oxygen atoms in total. The molecule has 0 bridgehead atoms. The highest BCUT2D eigenvalue weighted by Crippen LogP contribution is 2.25. The van der Waals surface area contributed by atoms with Gasteiger partial charge in [0.2, 0.25) is 0 Å². The number of para-hydroxylation sites is 1. The molecule has 1 atom stereocenters. The second kappa shape index (κ2) is 10.2. The average Bonchev–Trinajstić information content (AvgIpc) is 2.84. The first-order valence-corrected chi connectivity index (χ1v) is 11.1. The first-order valence-electron chi connectivity index (χ1n) is 11.1. The molecular weight excluding hydrogens is 402 g/mol. The van der Waals surface area contributed by atoms with E-state index in [0.29, 0.717) is 28.7 Å². The van der Waals surface area contributed by atoms with Crippen LogP contribution >= 0.6 is 0 Å². The van der Waals surface area contributed by atoms with Crippen molar-refractivity contribution in [1.29, 1.82) is 0 Å². The summed E-state index contributed by atoms with van der Waals surface area (Å²) in [7, 11) is 0. The van der Waals surface area contributed by atoms with E-state index in [0.717, 1.165) is 24.8 Å². The lowest BCUT2D eigenvalue weighted by Crippen LogP contribution is -2.36. The summed E-state index contributed by atoms with van der Waals surface area (Å²) in [5.41, 5.74) is 3.97. The predicted octanol–water partition coefficient (Wildman–Crippen LogP) is 4.85. The molecule has 3 aromatic rings. The van der Waals surface area contributed by atoms with Crippen molar-refractivity contribution in [3.8, 4) is 11.3 Å². The van der Waals surface area contributed by atoms with Gasteiger partial charge in [-0.1, -0.05) is 29.8 Å².